The SMILES string of the molecule is CCc1c(C(=O)NCCCOCCO)cnc2ncnn12. The van der Waals surface area contributed by atoms with E-state index in [4.69, 9.17) is 9.84 Å². The third-order valence-electron chi connectivity index (χ3n) is 2.97. The number of aryl methyl sites for hydroxylation is 1. The number of aliphatic hydroxyl groups excluding tert-OH is 1. The molecule has 0 bridgehead atoms. The molecule has 114 valence electrons. The fraction of sp³-hybridized carbons (Fsp3) is 0.538. The van der Waals surface area contributed by atoms with Crippen molar-refractivity contribution < 1.29 is 14.6 Å². The minimum absolute atomic E-state index is 0.00973. The van der Waals surface area contributed by atoms with Gasteiger partial charge in [-0.05, 0) is 12.8 Å². The average molecular weight is 293 g/mol. The van der Waals surface area contributed by atoms with Gasteiger partial charge in [0.2, 0.25) is 0 Å². The predicted molar refractivity (Wildman–Crippen MR) is 75.0 cm³/mol. The maximum Gasteiger partial charge on any atom is 0.254 e. The number of hydrogen-bond donors (Lipinski definition) is 2. The van der Waals surface area contributed by atoms with Crippen molar-refractivity contribution in [3.8, 4) is 0 Å². The van der Waals surface area contributed by atoms with Crippen molar-refractivity contribution in [2.45, 2.75) is 19.8 Å². The Labute approximate surface area is 122 Å². The molecule has 21 heavy (non-hydrogen) atoms. The minimum atomic E-state index is -0.182. The first-order valence-electron chi connectivity index (χ1n) is 6.92. The number of rotatable bonds is 8. The molecule has 0 aliphatic rings. The molecule has 2 rings (SSSR count). The lowest BCUT2D eigenvalue weighted by atomic mass is 10.2. The van der Waals surface area contributed by atoms with Gasteiger partial charge in [-0.1, -0.05) is 6.92 Å². The van der Waals surface area contributed by atoms with Crippen LogP contribution < -0.4 is 5.32 Å². The Morgan fingerprint density at radius 1 is 1.43 bits per heavy atom. The Balaban J connectivity index is 1.96. The summed E-state index contributed by atoms with van der Waals surface area (Å²) < 4.78 is 6.71. The van der Waals surface area contributed by atoms with Crippen LogP contribution in [0.5, 0.6) is 0 Å². The smallest absolute Gasteiger partial charge is 0.254 e. The summed E-state index contributed by atoms with van der Waals surface area (Å²) in [7, 11) is 0. The zero-order chi connectivity index (χ0) is 15.1. The van der Waals surface area contributed by atoms with Crippen molar-refractivity contribution in [2.24, 2.45) is 0 Å². The molecule has 0 unspecified atom stereocenters. The van der Waals surface area contributed by atoms with Crippen LogP contribution in [0.1, 0.15) is 29.4 Å². The van der Waals surface area contributed by atoms with Gasteiger partial charge >= 0.3 is 0 Å². The summed E-state index contributed by atoms with van der Waals surface area (Å²) in [5, 5.41) is 15.5. The molecule has 0 saturated heterocycles. The Hall–Kier alpha value is -2.06. The number of amides is 1. The summed E-state index contributed by atoms with van der Waals surface area (Å²) in [5.74, 6) is 0.305. The first kappa shape index (κ1) is 15.3. The third-order valence-corrected chi connectivity index (χ3v) is 2.97. The van der Waals surface area contributed by atoms with E-state index >= 15 is 0 Å². The molecule has 8 heteroatoms. The molecule has 0 atom stereocenters. The first-order chi connectivity index (χ1) is 10.3. The van der Waals surface area contributed by atoms with Gasteiger partial charge in [0.25, 0.3) is 11.7 Å². The van der Waals surface area contributed by atoms with E-state index in [1.165, 1.54) is 12.5 Å². The normalized spacial score (nSPS) is 11.0. The van der Waals surface area contributed by atoms with Crippen molar-refractivity contribution in [2.75, 3.05) is 26.4 Å². The Kier molecular flexibility index (Phi) is 5.59. The molecule has 1 amide bonds. The Morgan fingerprint density at radius 2 is 2.29 bits per heavy atom. The van der Waals surface area contributed by atoms with Crippen LogP contribution in [0.3, 0.4) is 0 Å². The van der Waals surface area contributed by atoms with Crippen LogP contribution in [-0.4, -0.2) is 57.0 Å². The van der Waals surface area contributed by atoms with Crippen molar-refractivity contribution in [3.05, 3.63) is 23.8 Å². The topological polar surface area (TPSA) is 102 Å². The van der Waals surface area contributed by atoms with Gasteiger partial charge in [0.05, 0.1) is 24.5 Å². The molecular formula is C13H19N5O3. The van der Waals surface area contributed by atoms with Gasteiger partial charge in [0.1, 0.15) is 6.33 Å². The fourth-order valence-corrected chi connectivity index (χ4v) is 1.99. The van der Waals surface area contributed by atoms with Crippen molar-refractivity contribution >= 4 is 11.7 Å². The molecule has 0 aromatic carbocycles. The number of aromatic nitrogens is 4. The van der Waals surface area contributed by atoms with Crippen molar-refractivity contribution in [3.63, 3.8) is 0 Å². The van der Waals surface area contributed by atoms with Crippen LogP contribution >= 0.6 is 0 Å². The summed E-state index contributed by atoms with van der Waals surface area (Å²) in [6.07, 6.45) is 4.29. The van der Waals surface area contributed by atoms with Crippen LogP contribution in [0.2, 0.25) is 0 Å². The second kappa shape index (κ2) is 7.65. The highest BCUT2D eigenvalue weighted by molar-refractivity contribution is 5.95. The van der Waals surface area contributed by atoms with Gasteiger partial charge in [-0.3, -0.25) is 4.79 Å². The summed E-state index contributed by atoms with van der Waals surface area (Å²) in [5.41, 5.74) is 1.29. The van der Waals surface area contributed by atoms with Crippen LogP contribution in [-0.2, 0) is 11.2 Å². The minimum Gasteiger partial charge on any atom is -0.394 e. The summed E-state index contributed by atoms with van der Waals surface area (Å²) in [6.45, 7) is 3.29. The van der Waals surface area contributed by atoms with E-state index in [1.54, 1.807) is 4.52 Å². The van der Waals surface area contributed by atoms with E-state index in [-0.39, 0.29) is 12.5 Å². The standard InChI is InChI=1S/C13H19N5O3/c1-2-11-10(8-15-13-16-9-17-18(11)13)12(20)14-4-3-6-21-7-5-19/h8-9,19H,2-7H2,1H3,(H,14,20). The second-order valence-corrected chi connectivity index (χ2v) is 4.39. The van der Waals surface area contributed by atoms with E-state index < -0.39 is 0 Å². The number of carbonyl (C=O) groups excluding carboxylic acids is 1. The monoisotopic (exact) mass is 293 g/mol. The van der Waals surface area contributed by atoms with E-state index in [0.717, 1.165) is 5.69 Å². The molecule has 2 aromatic rings. The highest BCUT2D eigenvalue weighted by Crippen LogP contribution is 2.09. The van der Waals surface area contributed by atoms with Crippen LogP contribution in [0.25, 0.3) is 5.78 Å². The quantitative estimate of drug-likeness (QED) is 0.654. The number of nitrogens with one attached hydrogen (secondary N) is 1. The molecule has 0 saturated carbocycles. The van der Waals surface area contributed by atoms with E-state index in [2.05, 4.69) is 20.4 Å². The molecule has 0 aliphatic heterocycles. The second-order valence-electron chi connectivity index (χ2n) is 4.39. The van der Waals surface area contributed by atoms with E-state index in [0.29, 0.717) is 43.9 Å². The third kappa shape index (κ3) is 3.73. The number of nitrogens with zero attached hydrogens (tertiary/aromatic N) is 4. The van der Waals surface area contributed by atoms with Crippen LogP contribution in [0.4, 0.5) is 0 Å². The van der Waals surface area contributed by atoms with Gasteiger partial charge in [-0.2, -0.15) is 10.1 Å². The molecular weight excluding hydrogens is 274 g/mol. The Morgan fingerprint density at radius 3 is 3.05 bits per heavy atom. The van der Waals surface area contributed by atoms with Gasteiger partial charge in [-0.15, -0.1) is 0 Å². The number of fused-ring (bicyclic) bond motifs is 1. The molecule has 0 radical (unpaired) electrons. The first-order valence-corrected chi connectivity index (χ1v) is 6.92. The fourth-order valence-electron chi connectivity index (χ4n) is 1.99. The molecule has 2 aromatic heterocycles. The molecule has 0 spiro atoms. The Bertz CT molecular complexity index is 599. The van der Waals surface area contributed by atoms with Crippen LogP contribution in [0, 0.1) is 0 Å². The predicted octanol–water partition coefficient (Wildman–Crippen LogP) is -0.185. The largest absolute Gasteiger partial charge is 0.394 e. The lowest BCUT2D eigenvalue weighted by Crippen LogP contribution is -2.27. The molecule has 0 fully saturated rings. The number of hydrogen-bond acceptors (Lipinski definition) is 6. The summed E-state index contributed by atoms with van der Waals surface area (Å²) in [4.78, 5) is 20.3. The molecule has 0 aliphatic carbocycles. The lowest BCUT2D eigenvalue weighted by Gasteiger charge is -2.09. The van der Waals surface area contributed by atoms with Gasteiger partial charge < -0.3 is 15.2 Å². The number of ether oxygens (including phenoxy) is 1. The lowest BCUT2D eigenvalue weighted by molar-refractivity contribution is 0.0867. The van der Waals surface area contributed by atoms with Gasteiger partial charge in [0.15, 0.2) is 0 Å². The average Bonchev–Trinajstić information content (AvgIpc) is 2.98. The summed E-state index contributed by atoms with van der Waals surface area (Å²) in [6, 6.07) is 0. The molecule has 2 heterocycles. The highest BCUT2D eigenvalue weighted by Gasteiger charge is 2.15. The number of aliphatic hydroxyl groups is 1. The van der Waals surface area contributed by atoms with Gasteiger partial charge in [0, 0.05) is 19.3 Å². The highest BCUT2D eigenvalue weighted by atomic mass is 16.5. The number of carbonyl (C=O) groups is 1. The van der Waals surface area contributed by atoms with E-state index in [9.17, 15) is 4.79 Å². The van der Waals surface area contributed by atoms with Crippen molar-refractivity contribution in [1.29, 1.82) is 0 Å². The molecule has 8 nitrogen and oxygen atoms in total. The zero-order valence-electron chi connectivity index (χ0n) is 11.9. The van der Waals surface area contributed by atoms with E-state index in [1.807, 2.05) is 6.92 Å². The molecule has 2 N–H and O–H groups in total. The van der Waals surface area contributed by atoms with Crippen LogP contribution in [0.15, 0.2) is 12.5 Å². The summed E-state index contributed by atoms with van der Waals surface area (Å²) >= 11 is 0. The maximum absolute atomic E-state index is 12.2. The van der Waals surface area contributed by atoms with Crippen molar-refractivity contribution in [1.82, 2.24) is 24.9 Å². The maximum atomic E-state index is 12.2. The van der Waals surface area contributed by atoms with Gasteiger partial charge in [-0.25, -0.2) is 9.50 Å². The zero-order valence-corrected chi connectivity index (χ0v) is 11.9.